The first kappa shape index (κ1) is 12.4. The Balaban J connectivity index is 1.71. The van der Waals surface area contributed by atoms with Crippen LogP contribution in [0.5, 0.6) is 0 Å². The van der Waals surface area contributed by atoms with E-state index in [1.165, 1.54) is 25.9 Å². The fourth-order valence-corrected chi connectivity index (χ4v) is 2.71. The van der Waals surface area contributed by atoms with E-state index in [0.29, 0.717) is 6.04 Å². The number of hydrogen-bond acceptors (Lipinski definition) is 4. The summed E-state index contributed by atoms with van der Waals surface area (Å²) in [6, 6.07) is 8.77. The Hall–Kier alpha value is -1.68. The Morgan fingerprint density at radius 2 is 2.05 bits per heavy atom. The van der Waals surface area contributed by atoms with Crippen molar-refractivity contribution in [3.8, 4) is 0 Å². The Bertz CT molecular complexity index is 543. The zero-order valence-corrected chi connectivity index (χ0v) is 11.3. The zero-order valence-electron chi connectivity index (χ0n) is 11.3. The fraction of sp³-hybridized carbons (Fsp3) is 0.467. The van der Waals surface area contributed by atoms with Crippen molar-refractivity contribution in [2.45, 2.75) is 25.8 Å². The normalized spacial score (nSPS) is 17.7. The van der Waals surface area contributed by atoms with Crippen molar-refractivity contribution in [1.29, 1.82) is 0 Å². The van der Waals surface area contributed by atoms with E-state index in [4.69, 9.17) is 0 Å². The molecule has 1 fully saturated rings. The van der Waals surface area contributed by atoms with Crippen LogP contribution in [0.25, 0.3) is 10.8 Å². The maximum Gasteiger partial charge on any atom is 0.156 e. The predicted octanol–water partition coefficient (Wildman–Crippen LogP) is 2.53. The second kappa shape index (κ2) is 5.53. The van der Waals surface area contributed by atoms with Crippen molar-refractivity contribution in [3.63, 3.8) is 0 Å². The van der Waals surface area contributed by atoms with Crippen LogP contribution in [0.15, 0.2) is 30.5 Å². The van der Waals surface area contributed by atoms with Gasteiger partial charge in [-0.3, -0.25) is 4.90 Å². The lowest BCUT2D eigenvalue weighted by atomic mass is 10.2. The second-order valence-electron chi connectivity index (χ2n) is 5.25. The van der Waals surface area contributed by atoms with E-state index < -0.39 is 0 Å². The molecule has 0 spiro atoms. The van der Waals surface area contributed by atoms with Crippen LogP contribution in [0.1, 0.15) is 19.8 Å². The zero-order chi connectivity index (χ0) is 13.1. The van der Waals surface area contributed by atoms with E-state index in [1.54, 1.807) is 0 Å². The molecule has 3 rings (SSSR count). The molecule has 19 heavy (non-hydrogen) atoms. The molecule has 0 bridgehead atoms. The lowest BCUT2D eigenvalue weighted by molar-refractivity contribution is 0.269. The molecule has 1 aromatic carbocycles. The first-order valence-electron chi connectivity index (χ1n) is 7.03. The van der Waals surface area contributed by atoms with Gasteiger partial charge in [0.1, 0.15) is 0 Å². The number of anilines is 1. The van der Waals surface area contributed by atoms with Crippen molar-refractivity contribution in [3.05, 3.63) is 30.5 Å². The molecular formula is C15H20N4. The second-order valence-corrected chi connectivity index (χ2v) is 5.25. The van der Waals surface area contributed by atoms with Gasteiger partial charge >= 0.3 is 0 Å². The van der Waals surface area contributed by atoms with E-state index in [1.807, 2.05) is 18.3 Å². The maximum absolute atomic E-state index is 4.23. The molecule has 0 radical (unpaired) electrons. The summed E-state index contributed by atoms with van der Waals surface area (Å²) in [6.45, 7) is 5.65. The molecule has 1 aromatic heterocycles. The minimum absolute atomic E-state index is 0.545. The third-order valence-electron chi connectivity index (χ3n) is 3.90. The Morgan fingerprint density at radius 3 is 2.89 bits per heavy atom. The lowest BCUT2D eigenvalue weighted by Crippen LogP contribution is -2.35. The number of rotatable bonds is 4. The van der Waals surface area contributed by atoms with Gasteiger partial charge < -0.3 is 5.32 Å². The Morgan fingerprint density at radius 1 is 1.26 bits per heavy atom. The van der Waals surface area contributed by atoms with E-state index >= 15 is 0 Å². The van der Waals surface area contributed by atoms with Crippen LogP contribution in [-0.2, 0) is 0 Å². The molecule has 0 amide bonds. The van der Waals surface area contributed by atoms with Gasteiger partial charge in [0, 0.05) is 23.4 Å². The van der Waals surface area contributed by atoms with Crippen LogP contribution < -0.4 is 5.32 Å². The number of fused-ring (bicyclic) bond motifs is 1. The summed E-state index contributed by atoms with van der Waals surface area (Å²) in [5.74, 6) is 0.893. The molecule has 0 aliphatic carbocycles. The van der Waals surface area contributed by atoms with Crippen LogP contribution >= 0.6 is 0 Å². The highest BCUT2D eigenvalue weighted by atomic mass is 15.2. The van der Waals surface area contributed by atoms with E-state index in [-0.39, 0.29) is 0 Å². The number of likely N-dealkylation sites (tertiary alicyclic amines) is 1. The molecule has 100 valence electrons. The number of nitrogens with one attached hydrogen (secondary N) is 1. The molecule has 4 nitrogen and oxygen atoms in total. The van der Waals surface area contributed by atoms with Gasteiger partial charge in [-0.15, -0.1) is 5.10 Å². The molecular weight excluding hydrogens is 236 g/mol. The van der Waals surface area contributed by atoms with Crippen molar-refractivity contribution in [2.24, 2.45) is 0 Å². The van der Waals surface area contributed by atoms with Gasteiger partial charge in [0.15, 0.2) is 5.82 Å². The predicted molar refractivity (Wildman–Crippen MR) is 78.3 cm³/mol. The molecule has 4 heteroatoms. The first-order valence-corrected chi connectivity index (χ1v) is 7.03. The molecule has 2 aromatic rings. The quantitative estimate of drug-likeness (QED) is 0.912. The molecule has 0 saturated carbocycles. The standard InChI is InChI=1S/C15H20N4/c1-12(19-8-4-5-9-19)10-16-15-14-7-3-2-6-13(14)11-17-18-15/h2-3,6-7,11-12H,4-5,8-10H2,1H3,(H,16,18). The van der Waals surface area contributed by atoms with Gasteiger partial charge in [0.2, 0.25) is 0 Å². The largest absolute Gasteiger partial charge is 0.367 e. The minimum Gasteiger partial charge on any atom is -0.367 e. The van der Waals surface area contributed by atoms with Gasteiger partial charge in [-0.05, 0) is 32.9 Å². The number of nitrogens with zero attached hydrogens (tertiary/aromatic N) is 3. The lowest BCUT2D eigenvalue weighted by Gasteiger charge is -2.24. The fourth-order valence-electron chi connectivity index (χ4n) is 2.71. The van der Waals surface area contributed by atoms with Crippen molar-refractivity contribution in [1.82, 2.24) is 15.1 Å². The van der Waals surface area contributed by atoms with Gasteiger partial charge in [-0.25, -0.2) is 0 Å². The van der Waals surface area contributed by atoms with E-state index in [0.717, 1.165) is 23.1 Å². The maximum atomic E-state index is 4.23. The summed E-state index contributed by atoms with van der Waals surface area (Å²) in [4.78, 5) is 2.53. The highest BCUT2D eigenvalue weighted by Crippen LogP contribution is 2.19. The molecule has 1 saturated heterocycles. The number of aromatic nitrogens is 2. The SMILES string of the molecule is CC(CNc1nncc2ccccc12)N1CCCC1. The monoisotopic (exact) mass is 256 g/mol. The summed E-state index contributed by atoms with van der Waals surface area (Å²) in [5, 5.41) is 14.0. The smallest absolute Gasteiger partial charge is 0.156 e. The summed E-state index contributed by atoms with van der Waals surface area (Å²) < 4.78 is 0. The van der Waals surface area contributed by atoms with Crippen molar-refractivity contribution in [2.75, 3.05) is 25.0 Å². The van der Waals surface area contributed by atoms with Gasteiger partial charge in [-0.1, -0.05) is 24.3 Å². The average molecular weight is 256 g/mol. The van der Waals surface area contributed by atoms with Gasteiger partial charge in [0.05, 0.1) is 6.20 Å². The summed E-state index contributed by atoms with van der Waals surface area (Å²) in [7, 11) is 0. The highest BCUT2D eigenvalue weighted by Gasteiger charge is 2.17. The number of hydrogen-bond donors (Lipinski definition) is 1. The number of benzene rings is 1. The highest BCUT2D eigenvalue weighted by molar-refractivity contribution is 5.90. The topological polar surface area (TPSA) is 41.1 Å². The van der Waals surface area contributed by atoms with Crippen LogP contribution in [0, 0.1) is 0 Å². The first-order chi connectivity index (χ1) is 9.34. The summed E-state index contributed by atoms with van der Waals surface area (Å²) in [5.41, 5.74) is 0. The summed E-state index contributed by atoms with van der Waals surface area (Å²) in [6.07, 6.45) is 4.47. The van der Waals surface area contributed by atoms with Crippen LogP contribution in [0.3, 0.4) is 0 Å². The van der Waals surface area contributed by atoms with Crippen molar-refractivity contribution >= 4 is 16.6 Å². The molecule has 1 unspecified atom stereocenters. The summed E-state index contributed by atoms with van der Waals surface area (Å²) >= 11 is 0. The molecule has 1 N–H and O–H groups in total. The van der Waals surface area contributed by atoms with E-state index in [9.17, 15) is 0 Å². The third kappa shape index (κ3) is 2.68. The molecule has 2 heterocycles. The van der Waals surface area contributed by atoms with E-state index in [2.05, 4.69) is 39.5 Å². The molecule has 1 atom stereocenters. The van der Waals surface area contributed by atoms with Gasteiger partial charge in [-0.2, -0.15) is 5.10 Å². The van der Waals surface area contributed by atoms with Crippen LogP contribution in [0.2, 0.25) is 0 Å². The van der Waals surface area contributed by atoms with Crippen LogP contribution in [0.4, 0.5) is 5.82 Å². The Labute approximate surface area is 113 Å². The Kier molecular flexibility index (Phi) is 3.60. The van der Waals surface area contributed by atoms with Crippen LogP contribution in [-0.4, -0.2) is 40.8 Å². The van der Waals surface area contributed by atoms with Crippen molar-refractivity contribution < 1.29 is 0 Å². The molecule has 1 aliphatic heterocycles. The minimum atomic E-state index is 0.545. The van der Waals surface area contributed by atoms with Gasteiger partial charge in [0.25, 0.3) is 0 Å². The third-order valence-corrected chi connectivity index (χ3v) is 3.90. The molecule has 1 aliphatic rings. The average Bonchev–Trinajstić information content (AvgIpc) is 2.99.